The summed E-state index contributed by atoms with van der Waals surface area (Å²) in [6.45, 7) is 4.83. The molecule has 0 aliphatic heterocycles. The minimum absolute atomic E-state index is 0.0334. The van der Waals surface area contributed by atoms with Gasteiger partial charge in [0.05, 0.1) is 5.92 Å². The molecule has 1 fully saturated rings. The van der Waals surface area contributed by atoms with Gasteiger partial charge < -0.3 is 9.47 Å². The topological polar surface area (TPSA) is 107 Å². The van der Waals surface area contributed by atoms with Crippen LogP contribution in [0.3, 0.4) is 0 Å². The standard InChI is InChI=1S/C14H19F3O7S/c1-8(2)12(18)23-10-5-3-4-9(6-10)13(19)24-11(14(15,16)17)7-25(20,21)22/h9-11H,1,3-7H2,2H3,(H,20,21,22). The number of esters is 2. The van der Waals surface area contributed by atoms with E-state index in [2.05, 4.69) is 11.3 Å². The predicted octanol–water partition coefficient (Wildman–Crippen LogP) is 2.03. The third-order valence-electron chi connectivity index (χ3n) is 3.57. The molecule has 3 unspecified atom stereocenters. The van der Waals surface area contributed by atoms with Gasteiger partial charge in [0.25, 0.3) is 10.1 Å². The lowest BCUT2D eigenvalue weighted by atomic mass is 9.87. The van der Waals surface area contributed by atoms with Gasteiger partial charge in [0, 0.05) is 5.57 Å². The average Bonchev–Trinajstić information content (AvgIpc) is 2.44. The normalized spacial score (nSPS) is 22.8. The van der Waals surface area contributed by atoms with Gasteiger partial charge in [-0.25, -0.2) is 4.79 Å². The summed E-state index contributed by atoms with van der Waals surface area (Å²) < 4.78 is 77.6. The summed E-state index contributed by atoms with van der Waals surface area (Å²) in [6, 6.07) is 0. The van der Waals surface area contributed by atoms with Crippen LogP contribution in [0, 0.1) is 5.92 Å². The van der Waals surface area contributed by atoms with Gasteiger partial charge in [-0.05, 0) is 32.6 Å². The summed E-state index contributed by atoms with van der Waals surface area (Å²) in [5.41, 5.74) is 0.148. The number of carbonyl (C=O) groups is 2. The van der Waals surface area contributed by atoms with Crippen LogP contribution >= 0.6 is 0 Å². The van der Waals surface area contributed by atoms with Crippen LogP contribution in [0.2, 0.25) is 0 Å². The molecule has 25 heavy (non-hydrogen) atoms. The summed E-state index contributed by atoms with van der Waals surface area (Å²) in [5.74, 6) is -4.66. The monoisotopic (exact) mass is 388 g/mol. The fourth-order valence-corrected chi connectivity index (χ4v) is 2.98. The smallest absolute Gasteiger partial charge is 0.426 e. The number of hydrogen-bond donors (Lipinski definition) is 1. The molecule has 0 saturated heterocycles. The third-order valence-corrected chi connectivity index (χ3v) is 4.29. The van der Waals surface area contributed by atoms with Crippen molar-refractivity contribution in [3.8, 4) is 0 Å². The van der Waals surface area contributed by atoms with E-state index in [4.69, 9.17) is 9.29 Å². The van der Waals surface area contributed by atoms with Gasteiger partial charge in [-0.15, -0.1) is 0 Å². The fraction of sp³-hybridized carbons (Fsp3) is 0.714. The van der Waals surface area contributed by atoms with Gasteiger partial charge in [0.2, 0.25) is 6.10 Å². The zero-order chi connectivity index (χ0) is 19.4. The molecule has 3 atom stereocenters. The second-order valence-electron chi connectivity index (χ2n) is 5.89. The average molecular weight is 388 g/mol. The van der Waals surface area contributed by atoms with Crippen molar-refractivity contribution in [2.75, 3.05) is 5.75 Å². The maximum absolute atomic E-state index is 12.8. The van der Waals surface area contributed by atoms with Crippen molar-refractivity contribution in [1.29, 1.82) is 0 Å². The number of alkyl halides is 3. The number of carbonyl (C=O) groups excluding carboxylic acids is 2. The van der Waals surface area contributed by atoms with Crippen LogP contribution in [0.5, 0.6) is 0 Å². The Bertz CT molecular complexity index is 627. The van der Waals surface area contributed by atoms with Crippen molar-refractivity contribution in [3.05, 3.63) is 12.2 Å². The van der Waals surface area contributed by atoms with E-state index in [1.165, 1.54) is 6.92 Å². The van der Waals surface area contributed by atoms with Crippen LogP contribution in [-0.2, 0) is 29.2 Å². The van der Waals surface area contributed by atoms with Gasteiger partial charge in [-0.3, -0.25) is 9.35 Å². The highest BCUT2D eigenvalue weighted by Gasteiger charge is 2.46. The lowest BCUT2D eigenvalue weighted by Crippen LogP contribution is -2.41. The SMILES string of the molecule is C=C(C)C(=O)OC1CCCC(C(=O)OC(CS(=O)(=O)O)C(F)(F)F)C1. The maximum Gasteiger partial charge on any atom is 0.426 e. The molecule has 0 aromatic rings. The Morgan fingerprint density at radius 1 is 1.32 bits per heavy atom. The fourth-order valence-electron chi connectivity index (χ4n) is 2.34. The first-order valence-corrected chi connectivity index (χ1v) is 8.99. The highest BCUT2D eigenvalue weighted by atomic mass is 32.2. The van der Waals surface area contributed by atoms with Crippen molar-refractivity contribution >= 4 is 22.1 Å². The summed E-state index contributed by atoms with van der Waals surface area (Å²) >= 11 is 0. The Morgan fingerprint density at radius 3 is 2.40 bits per heavy atom. The molecule has 144 valence electrons. The Labute approximate surface area is 142 Å². The number of halogens is 3. The number of rotatable bonds is 6. The molecule has 0 radical (unpaired) electrons. The van der Waals surface area contributed by atoms with Crippen LogP contribution in [0.15, 0.2) is 12.2 Å². The van der Waals surface area contributed by atoms with Crippen molar-refractivity contribution in [3.63, 3.8) is 0 Å². The molecule has 1 aliphatic carbocycles. The zero-order valence-electron chi connectivity index (χ0n) is 13.4. The predicted molar refractivity (Wildman–Crippen MR) is 79.0 cm³/mol. The van der Waals surface area contributed by atoms with Crippen molar-refractivity contribution in [2.45, 2.75) is 51.0 Å². The van der Waals surface area contributed by atoms with Gasteiger partial charge in [-0.1, -0.05) is 6.58 Å². The second kappa shape index (κ2) is 8.17. The van der Waals surface area contributed by atoms with Crippen LogP contribution in [0.25, 0.3) is 0 Å². The van der Waals surface area contributed by atoms with Crippen molar-refractivity contribution < 1.29 is 45.2 Å². The van der Waals surface area contributed by atoms with Crippen LogP contribution in [0.1, 0.15) is 32.6 Å². The van der Waals surface area contributed by atoms with E-state index < -0.39 is 52.1 Å². The highest BCUT2D eigenvalue weighted by Crippen LogP contribution is 2.30. The first-order chi connectivity index (χ1) is 11.3. The summed E-state index contributed by atoms with van der Waals surface area (Å²) in [7, 11) is -5.00. The molecule has 0 heterocycles. The van der Waals surface area contributed by atoms with E-state index >= 15 is 0 Å². The Kier molecular flexibility index (Phi) is 7.00. The highest BCUT2D eigenvalue weighted by molar-refractivity contribution is 7.85. The van der Waals surface area contributed by atoms with Gasteiger partial charge in [0.15, 0.2) is 0 Å². The molecule has 1 saturated carbocycles. The minimum atomic E-state index is -5.15. The van der Waals surface area contributed by atoms with E-state index in [9.17, 15) is 31.2 Å². The quantitative estimate of drug-likeness (QED) is 0.421. The van der Waals surface area contributed by atoms with E-state index in [-0.39, 0.29) is 18.4 Å². The third kappa shape index (κ3) is 7.43. The van der Waals surface area contributed by atoms with E-state index in [1.807, 2.05) is 0 Å². The first kappa shape index (κ1) is 21.4. The molecule has 0 aromatic carbocycles. The van der Waals surface area contributed by atoms with E-state index in [0.29, 0.717) is 12.8 Å². The number of hydrogen-bond acceptors (Lipinski definition) is 6. The van der Waals surface area contributed by atoms with Crippen LogP contribution < -0.4 is 0 Å². The van der Waals surface area contributed by atoms with Crippen LogP contribution in [-0.4, -0.2) is 49.0 Å². The molecule has 0 amide bonds. The second-order valence-corrected chi connectivity index (χ2v) is 7.38. The summed E-state index contributed by atoms with van der Waals surface area (Å²) in [6.07, 6.45) is -7.73. The summed E-state index contributed by atoms with van der Waals surface area (Å²) in [4.78, 5) is 23.4. The first-order valence-electron chi connectivity index (χ1n) is 7.38. The lowest BCUT2D eigenvalue weighted by Gasteiger charge is -2.29. The number of ether oxygens (including phenoxy) is 2. The van der Waals surface area contributed by atoms with Crippen molar-refractivity contribution in [1.82, 2.24) is 0 Å². The molecule has 1 aliphatic rings. The maximum atomic E-state index is 12.8. The van der Waals surface area contributed by atoms with Crippen LogP contribution in [0.4, 0.5) is 13.2 Å². The molecule has 1 rings (SSSR count). The molecule has 0 bridgehead atoms. The van der Waals surface area contributed by atoms with Crippen molar-refractivity contribution in [2.24, 2.45) is 5.92 Å². The Balaban J connectivity index is 2.73. The molecule has 0 spiro atoms. The zero-order valence-corrected chi connectivity index (χ0v) is 14.2. The van der Waals surface area contributed by atoms with E-state index in [1.54, 1.807) is 0 Å². The molecular weight excluding hydrogens is 369 g/mol. The largest absolute Gasteiger partial charge is 0.459 e. The Morgan fingerprint density at radius 2 is 1.92 bits per heavy atom. The molecule has 7 nitrogen and oxygen atoms in total. The van der Waals surface area contributed by atoms with Gasteiger partial charge in [-0.2, -0.15) is 21.6 Å². The minimum Gasteiger partial charge on any atom is -0.459 e. The van der Waals surface area contributed by atoms with Gasteiger partial charge >= 0.3 is 18.1 Å². The van der Waals surface area contributed by atoms with Gasteiger partial charge in [0.1, 0.15) is 11.9 Å². The summed E-state index contributed by atoms with van der Waals surface area (Å²) in [5, 5.41) is 0. The molecular formula is C14H19F3O7S. The lowest BCUT2D eigenvalue weighted by molar-refractivity contribution is -0.218. The Hall–Kier alpha value is -1.62. The van der Waals surface area contributed by atoms with E-state index in [0.717, 1.165) is 0 Å². The molecule has 0 aromatic heterocycles. The molecule has 1 N–H and O–H groups in total. The molecule has 11 heteroatoms.